The van der Waals surface area contributed by atoms with Crippen LogP contribution in [0.2, 0.25) is 0 Å². The van der Waals surface area contributed by atoms with E-state index in [2.05, 4.69) is 5.32 Å². The van der Waals surface area contributed by atoms with Gasteiger partial charge in [-0.2, -0.15) is 0 Å². The van der Waals surface area contributed by atoms with Crippen LogP contribution in [-0.2, 0) is 9.45 Å². The summed E-state index contributed by atoms with van der Waals surface area (Å²) in [5, 5.41) is 12.6. The number of hydrogen-bond donors (Lipinski definition) is 4. The summed E-state index contributed by atoms with van der Waals surface area (Å²) >= 11 is 0. The number of carbonyl (C=O) groups excluding carboxylic acids is 1. The number of carbonyl (C=O) groups is 1. The number of nitrogens with two attached hydrogens (primary N) is 2. The molecule has 0 fully saturated rings. The van der Waals surface area contributed by atoms with Gasteiger partial charge in [0.15, 0.2) is 0 Å². The van der Waals surface area contributed by atoms with E-state index < -0.39 is 13.2 Å². The molecule has 0 saturated carbocycles. The third kappa shape index (κ3) is 4.04. The first-order valence-electron chi connectivity index (χ1n) is 7.29. The fourth-order valence-electron chi connectivity index (χ4n) is 2.45. The van der Waals surface area contributed by atoms with Crippen molar-refractivity contribution >= 4 is 18.5 Å². The van der Waals surface area contributed by atoms with Gasteiger partial charge in [0.2, 0.25) is 5.91 Å². The zero-order chi connectivity index (χ0) is 15.2. The molecule has 1 aromatic rings. The van der Waals surface area contributed by atoms with Crippen molar-refractivity contribution in [1.29, 1.82) is 0 Å². The number of nitrogens with one attached hydrogen (secondary N) is 1. The van der Waals surface area contributed by atoms with E-state index >= 15 is 0 Å². The molecule has 1 heterocycles. The van der Waals surface area contributed by atoms with E-state index in [4.69, 9.17) is 16.1 Å². The Labute approximate surface area is 125 Å². The van der Waals surface area contributed by atoms with Gasteiger partial charge < -0.3 is 26.5 Å². The number of hydrogen-bond acceptors (Lipinski definition) is 5. The monoisotopic (exact) mass is 291 g/mol. The summed E-state index contributed by atoms with van der Waals surface area (Å²) in [6, 6.07) is 6.91. The predicted molar refractivity (Wildman–Crippen MR) is 81.8 cm³/mol. The van der Waals surface area contributed by atoms with Crippen molar-refractivity contribution in [3.8, 4) is 0 Å². The summed E-state index contributed by atoms with van der Waals surface area (Å²) in [5.74, 6) is -0.200. The Balaban J connectivity index is 1.82. The van der Waals surface area contributed by atoms with Crippen molar-refractivity contribution in [2.24, 2.45) is 11.5 Å². The summed E-state index contributed by atoms with van der Waals surface area (Å²) in [7, 11) is -0.929. The molecule has 6 N–H and O–H groups in total. The molecule has 2 unspecified atom stereocenters. The number of unbranched alkanes of at least 4 members (excludes halogenated alkanes) is 1. The van der Waals surface area contributed by atoms with Crippen LogP contribution < -0.4 is 22.2 Å². The second-order valence-electron chi connectivity index (χ2n) is 5.24. The van der Waals surface area contributed by atoms with Gasteiger partial charge in [0, 0.05) is 6.54 Å². The molecular formula is C14H22BN3O3. The van der Waals surface area contributed by atoms with Crippen LogP contribution in [0.4, 0.5) is 0 Å². The van der Waals surface area contributed by atoms with Crippen LogP contribution in [0, 0.1) is 0 Å². The Hall–Kier alpha value is -1.41. The van der Waals surface area contributed by atoms with Crippen LogP contribution >= 0.6 is 0 Å². The largest absolute Gasteiger partial charge is 0.492 e. The summed E-state index contributed by atoms with van der Waals surface area (Å²) < 4.78 is 5.44. The van der Waals surface area contributed by atoms with Gasteiger partial charge in [-0.25, -0.2) is 0 Å². The lowest BCUT2D eigenvalue weighted by Crippen LogP contribution is -2.42. The van der Waals surface area contributed by atoms with Crippen molar-refractivity contribution in [1.82, 2.24) is 5.32 Å². The molecule has 6 nitrogen and oxygen atoms in total. The molecule has 7 heteroatoms. The van der Waals surface area contributed by atoms with E-state index in [-0.39, 0.29) is 12.0 Å². The highest BCUT2D eigenvalue weighted by molar-refractivity contribution is 6.61. The van der Waals surface area contributed by atoms with Gasteiger partial charge >= 0.3 is 7.12 Å². The summed E-state index contributed by atoms with van der Waals surface area (Å²) in [6.07, 6.45) is 1.99. The minimum atomic E-state index is -0.929. The maximum Gasteiger partial charge on any atom is 0.492 e. The molecule has 1 aliphatic rings. The number of fused-ring (bicyclic) bond motifs is 1. The Kier molecular flexibility index (Phi) is 5.75. The molecule has 0 bridgehead atoms. The van der Waals surface area contributed by atoms with Crippen LogP contribution in [0.3, 0.4) is 0 Å². The molecule has 1 amide bonds. The van der Waals surface area contributed by atoms with Crippen molar-refractivity contribution in [3.63, 3.8) is 0 Å². The van der Waals surface area contributed by atoms with E-state index in [1.165, 1.54) is 0 Å². The molecule has 1 aromatic carbocycles. The lowest BCUT2D eigenvalue weighted by atomic mass is 9.79. The first-order valence-corrected chi connectivity index (χ1v) is 7.29. The SMILES string of the molecule is NCCCCC(N)C(=O)NCC1OB(O)c2ccccc21. The zero-order valence-electron chi connectivity index (χ0n) is 12.0. The topological polar surface area (TPSA) is 111 Å². The number of benzene rings is 1. The molecule has 1 aliphatic heterocycles. The molecule has 0 radical (unpaired) electrons. The van der Waals surface area contributed by atoms with E-state index in [0.29, 0.717) is 19.5 Å². The molecule has 21 heavy (non-hydrogen) atoms. The number of rotatable bonds is 7. The van der Waals surface area contributed by atoms with Crippen LogP contribution in [0.1, 0.15) is 30.9 Å². The molecule has 2 atom stereocenters. The minimum Gasteiger partial charge on any atom is -0.423 e. The zero-order valence-corrected chi connectivity index (χ0v) is 12.0. The van der Waals surface area contributed by atoms with Crippen LogP contribution in [0.15, 0.2) is 24.3 Å². The smallest absolute Gasteiger partial charge is 0.423 e. The van der Waals surface area contributed by atoms with Crippen molar-refractivity contribution in [2.45, 2.75) is 31.4 Å². The molecule has 2 rings (SSSR count). The maximum absolute atomic E-state index is 11.9. The molecular weight excluding hydrogens is 269 g/mol. The second kappa shape index (κ2) is 7.56. The average Bonchev–Trinajstić information content (AvgIpc) is 2.82. The van der Waals surface area contributed by atoms with E-state index in [9.17, 15) is 9.82 Å². The van der Waals surface area contributed by atoms with Gasteiger partial charge in [-0.1, -0.05) is 30.7 Å². The van der Waals surface area contributed by atoms with Gasteiger partial charge in [-0.3, -0.25) is 4.79 Å². The highest BCUT2D eigenvalue weighted by Gasteiger charge is 2.34. The first kappa shape index (κ1) is 16.0. The highest BCUT2D eigenvalue weighted by atomic mass is 16.5. The van der Waals surface area contributed by atoms with Gasteiger partial charge in [0.05, 0.1) is 12.1 Å². The second-order valence-corrected chi connectivity index (χ2v) is 5.24. The summed E-state index contributed by atoms with van der Waals surface area (Å²) in [4.78, 5) is 11.9. The molecule has 114 valence electrons. The Bertz CT molecular complexity index is 486. The first-order chi connectivity index (χ1) is 10.1. The third-order valence-corrected chi connectivity index (χ3v) is 3.67. The summed E-state index contributed by atoms with van der Waals surface area (Å²) in [5.41, 5.74) is 12.9. The van der Waals surface area contributed by atoms with Crippen molar-refractivity contribution in [3.05, 3.63) is 29.8 Å². The normalized spacial score (nSPS) is 18.4. The summed E-state index contributed by atoms with van der Waals surface area (Å²) in [6.45, 7) is 0.913. The van der Waals surface area contributed by atoms with E-state index in [1.807, 2.05) is 24.3 Å². The minimum absolute atomic E-state index is 0.200. The third-order valence-electron chi connectivity index (χ3n) is 3.67. The quantitative estimate of drug-likeness (QED) is 0.381. The molecule has 0 spiro atoms. The van der Waals surface area contributed by atoms with Crippen molar-refractivity contribution < 1.29 is 14.5 Å². The van der Waals surface area contributed by atoms with Crippen LogP contribution in [-0.4, -0.2) is 37.2 Å². The highest BCUT2D eigenvalue weighted by Crippen LogP contribution is 2.22. The van der Waals surface area contributed by atoms with Gasteiger partial charge in [-0.15, -0.1) is 0 Å². The van der Waals surface area contributed by atoms with Crippen molar-refractivity contribution in [2.75, 3.05) is 13.1 Å². The average molecular weight is 291 g/mol. The number of amides is 1. The Morgan fingerprint density at radius 3 is 2.95 bits per heavy atom. The predicted octanol–water partition coefficient (Wildman–Crippen LogP) is -0.982. The van der Waals surface area contributed by atoms with Gasteiger partial charge in [0.1, 0.15) is 0 Å². The lowest BCUT2D eigenvalue weighted by molar-refractivity contribution is -0.122. The van der Waals surface area contributed by atoms with E-state index in [0.717, 1.165) is 23.9 Å². The molecule has 0 saturated heterocycles. The Morgan fingerprint density at radius 2 is 2.19 bits per heavy atom. The standard InChI is InChI=1S/C14H22BN3O3/c16-8-4-3-7-12(17)14(19)18-9-13-10-5-1-2-6-11(10)15(20)21-13/h1-2,5-6,12-13,20H,3-4,7-9,16-17H2,(H,18,19). The van der Waals surface area contributed by atoms with Crippen LogP contribution in [0.25, 0.3) is 0 Å². The van der Waals surface area contributed by atoms with E-state index in [1.54, 1.807) is 0 Å². The van der Waals surface area contributed by atoms with Gasteiger partial charge in [-0.05, 0) is 30.4 Å². The lowest BCUT2D eigenvalue weighted by Gasteiger charge is -2.16. The van der Waals surface area contributed by atoms with Crippen LogP contribution in [0.5, 0.6) is 0 Å². The molecule has 0 aromatic heterocycles. The Morgan fingerprint density at radius 1 is 1.43 bits per heavy atom. The molecule has 0 aliphatic carbocycles. The van der Waals surface area contributed by atoms with Gasteiger partial charge in [0.25, 0.3) is 0 Å². The fourth-order valence-corrected chi connectivity index (χ4v) is 2.45. The fraction of sp³-hybridized carbons (Fsp3) is 0.500. The maximum atomic E-state index is 11.9.